The highest BCUT2D eigenvalue weighted by molar-refractivity contribution is 4.96. The molecule has 1 aliphatic heterocycles. The Kier molecular flexibility index (Phi) is 21.3. The Morgan fingerprint density at radius 3 is 1.12 bits per heavy atom. The van der Waals surface area contributed by atoms with Crippen LogP contribution in [0.15, 0.2) is 12.4 Å². The normalized spacial score (nSPS) is 15.8. The van der Waals surface area contributed by atoms with Crippen LogP contribution in [0.2, 0.25) is 0 Å². The van der Waals surface area contributed by atoms with Crippen molar-refractivity contribution in [3.8, 4) is 0 Å². The van der Waals surface area contributed by atoms with Gasteiger partial charge in [-0.15, -0.1) is 0 Å². The van der Waals surface area contributed by atoms with Crippen molar-refractivity contribution in [2.24, 2.45) is 0 Å². The second kappa shape index (κ2) is 23.1. The molecule has 1 rings (SSSR count). The van der Waals surface area contributed by atoms with Crippen LogP contribution >= 0.6 is 0 Å². The average molecular weight is 463 g/mol. The van der Waals surface area contributed by atoms with Gasteiger partial charge >= 0.3 is 0 Å². The van der Waals surface area contributed by atoms with Gasteiger partial charge in [-0.2, -0.15) is 0 Å². The second-order valence-corrected chi connectivity index (χ2v) is 10.8. The van der Waals surface area contributed by atoms with Crippen molar-refractivity contribution >= 4 is 0 Å². The van der Waals surface area contributed by atoms with Crippen molar-refractivity contribution in [1.82, 2.24) is 9.80 Å². The van der Waals surface area contributed by atoms with Gasteiger partial charge in [0.05, 0.1) is 0 Å². The first kappa shape index (κ1) is 30.4. The molecule has 0 N–H and O–H groups in total. The van der Waals surface area contributed by atoms with Gasteiger partial charge < -0.3 is 9.80 Å². The number of nitrogens with zero attached hydrogens (tertiary/aromatic N) is 2. The minimum Gasteiger partial charge on any atom is -0.356 e. The summed E-state index contributed by atoms with van der Waals surface area (Å²) in [6.45, 7) is 9.43. The number of unbranched alkanes of at least 4 members (excludes halogenated alkanes) is 19. The maximum atomic E-state index is 2.66. The van der Waals surface area contributed by atoms with Gasteiger partial charge in [0, 0.05) is 25.5 Å². The molecule has 0 fully saturated rings. The lowest BCUT2D eigenvalue weighted by molar-refractivity contribution is 0.135. The van der Waals surface area contributed by atoms with Gasteiger partial charge in [0.1, 0.15) is 6.17 Å². The van der Waals surface area contributed by atoms with E-state index in [1.807, 2.05) is 0 Å². The fraction of sp³-hybridized carbons (Fsp3) is 0.935. The minimum atomic E-state index is 0.644. The summed E-state index contributed by atoms with van der Waals surface area (Å²) in [7, 11) is 0. The maximum absolute atomic E-state index is 2.66. The molecule has 0 bridgehead atoms. The van der Waals surface area contributed by atoms with E-state index in [-0.39, 0.29) is 0 Å². The van der Waals surface area contributed by atoms with Gasteiger partial charge in [0.15, 0.2) is 0 Å². The van der Waals surface area contributed by atoms with Crippen molar-refractivity contribution in [2.75, 3.05) is 13.1 Å². The fourth-order valence-electron chi connectivity index (χ4n) is 5.30. The molecule has 0 saturated carbocycles. The van der Waals surface area contributed by atoms with Crippen molar-refractivity contribution in [3.63, 3.8) is 0 Å². The molecule has 2 heteroatoms. The van der Waals surface area contributed by atoms with E-state index in [4.69, 9.17) is 0 Å². The first-order valence-corrected chi connectivity index (χ1v) is 15.5. The Labute approximate surface area is 210 Å². The van der Waals surface area contributed by atoms with E-state index in [1.165, 1.54) is 161 Å². The van der Waals surface area contributed by atoms with Crippen LogP contribution < -0.4 is 0 Å². The SMILES string of the molecule is CCCCCCCCCCCCCCCCCC1N(CCCCC)C=CN1CCCCCC. The second-order valence-electron chi connectivity index (χ2n) is 10.8. The van der Waals surface area contributed by atoms with Crippen LogP contribution in [0.4, 0.5) is 0 Å². The number of hydrogen-bond acceptors (Lipinski definition) is 2. The summed E-state index contributed by atoms with van der Waals surface area (Å²) in [4.78, 5) is 5.31. The monoisotopic (exact) mass is 462 g/mol. The van der Waals surface area contributed by atoms with Crippen molar-refractivity contribution in [2.45, 2.75) is 175 Å². The van der Waals surface area contributed by atoms with E-state index >= 15 is 0 Å². The highest BCUT2D eigenvalue weighted by atomic mass is 15.4. The standard InChI is InChI=1S/C31H62N2/c1-4-7-10-12-13-14-15-16-17-18-19-20-21-22-23-26-31-32(27-24-9-6-3)29-30-33(31)28-25-11-8-5-2/h29-31H,4-28H2,1-3H3. The molecule has 33 heavy (non-hydrogen) atoms. The Morgan fingerprint density at radius 2 is 0.697 bits per heavy atom. The third kappa shape index (κ3) is 16.6. The first-order chi connectivity index (χ1) is 16.3. The molecule has 0 saturated heterocycles. The summed E-state index contributed by atoms with van der Waals surface area (Å²) < 4.78 is 0. The van der Waals surface area contributed by atoms with Gasteiger partial charge in [-0.05, 0) is 25.7 Å². The molecule has 1 heterocycles. The van der Waals surface area contributed by atoms with E-state index in [9.17, 15) is 0 Å². The molecule has 1 aliphatic rings. The van der Waals surface area contributed by atoms with Gasteiger partial charge in [0.25, 0.3) is 0 Å². The van der Waals surface area contributed by atoms with Crippen molar-refractivity contribution in [3.05, 3.63) is 12.4 Å². The zero-order valence-electron chi connectivity index (χ0n) is 23.3. The molecule has 0 spiro atoms. The van der Waals surface area contributed by atoms with Crippen LogP contribution in [0.5, 0.6) is 0 Å². The summed E-state index contributed by atoms with van der Waals surface area (Å²) in [6, 6.07) is 0. The third-order valence-electron chi connectivity index (χ3n) is 7.57. The molecule has 0 aromatic rings. The predicted octanol–water partition coefficient (Wildman–Crippen LogP) is 10.4. The number of rotatable bonds is 25. The van der Waals surface area contributed by atoms with E-state index in [1.54, 1.807) is 0 Å². The highest BCUT2D eigenvalue weighted by Crippen LogP contribution is 2.23. The van der Waals surface area contributed by atoms with Crippen LogP contribution in [0.25, 0.3) is 0 Å². The summed E-state index contributed by atoms with van der Waals surface area (Å²) >= 11 is 0. The van der Waals surface area contributed by atoms with Gasteiger partial charge in [-0.25, -0.2) is 0 Å². The fourth-order valence-corrected chi connectivity index (χ4v) is 5.30. The van der Waals surface area contributed by atoms with Gasteiger partial charge in [-0.1, -0.05) is 143 Å². The van der Waals surface area contributed by atoms with Crippen LogP contribution in [0.3, 0.4) is 0 Å². The maximum Gasteiger partial charge on any atom is 0.101 e. The van der Waals surface area contributed by atoms with Crippen LogP contribution in [0, 0.1) is 0 Å². The van der Waals surface area contributed by atoms with E-state index in [0.717, 1.165) is 0 Å². The molecule has 0 aromatic carbocycles. The lowest BCUT2D eigenvalue weighted by Gasteiger charge is -2.33. The Balaban J connectivity index is 2.05. The molecule has 2 nitrogen and oxygen atoms in total. The molecule has 0 amide bonds. The molecule has 0 aliphatic carbocycles. The minimum absolute atomic E-state index is 0.644. The van der Waals surface area contributed by atoms with E-state index in [0.29, 0.717) is 6.17 Å². The molecule has 196 valence electrons. The van der Waals surface area contributed by atoms with Crippen molar-refractivity contribution < 1.29 is 0 Å². The van der Waals surface area contributed by atoms with Crippen LogP contribution in [-0.2, 0) is 0 Å². The Morgan fingerprint density at radius 1 is 0.394 bits per heavy atom. The van der Waals surface area contributed by atoms with Crippen molar-refractivity contribution in [1.29, 1.82) is 0 Å². The van der Waals surface area contributed by atoms with Crippen LogP contribution in [0.1, 0.15) is 168 Å². The quantitative estimate of drug-likeness (QED) is 0.124. The largest absolute Gasteiger partial charge is 0.356 e. The molecular weight excluding hydrogens is 400 g/mol. The Bertz CT molecular complexity index is 419. The van der Waals surface area contributed by atoms with E-state index in [2.05, 4.69) is 43.0 Å². The zero-order valence-corrected chi connectivity index (χ0v) is 23.3. The average Bonchev–Trinajstić information content (AvgIpc) is 3.21. The van der Waals surface area contributed by atoms with Crippen LogP contribution in [-0.4, -0.2) is 29.1 Å². The summed E-state index contributed by atoms with van der Waals surface area (Å²) in [5.74, 6) is 0. The molecule has 1 atom stereocenters. The third-order valence-corrected chi connectivity index (χ3v) is 7.57. The lowest BCUT2D eigenvalue weighted by atomic mass is 10.0. The smallest absolute Gasteiger partial charge is 0.101 e. The van der Waals surface area contributed by atoms with E-state index < -0.39 is 0 Å². The summed E-state index contributed by atoms with van der Waals surface area (Å²) in [6.07, 6.45) is 38.1. The summed E-state index contributed by atoms with van der Waals surface area (Å²) in [5, 5.41) is 0. The van der Waals surface area contributed by atoms with Gasteiger partial charge in [-0.3, -0.25) is 0 Å². The highest BCUT2D eigenvalue weighted by Gasteiger charge is 2.24. The first-order valence-electron chi connectivity index (χ1n) is 15.5. The molecule has 0 aromatic heterocycles. The molecular formula is C31H62N2. The topological polar surface area (TPSA) is 6.48 Å². The lowest BCUT2D eigenvalue weighted by Crippen LogP contribution is -2.39. The molecule has 0 radical (unpaired) electrons. The Hall–Kier alpha value is -0.660. The van der Waals surface area contributed by atoms with Gasteiger partial charge in [0.2, 0.25) is 0 Å². The number of hydrogen-bond donors (Lipinski definition) is 0. The predicted molar refractivity (Wildman–Crippen MR) is 150 cm³/mol. The summed E-state index contributed by atoms with van der Waals surface area (Å²) in [5.41, 5.74) is 0. The molecule has 1 unspecified atom stereocenters. The zero-order chi connectivity index (χ0) is 23.8.